The smallest absolute Gasteiger partial charge is 0.377 e. The first kappa shape index (κ1) is 21.3. The Morgan fingerprint density at radius 3 is 2.04 bits per heavy atom. The van der Waals surface area contributed by atoms with Gasteiger partial charge >= 0.3 is 8.80 Å². The van der Waals surface area contributed by atoms with Crippen LogP contribution in [0.15, 0.2) is 0 Å². The van der Waals surface area contributed by atoms with Gasteiger partial charge in [0.2, 0.25) is 0 Å². The molecular formula is C16H38N2O3Si2. The van der Waals surface area contributed by atoms with E-state index in [2.05, 4.69) is 43.7 Å². The predicted molar refractivity (Wildman–Crippen MR) is 102 cm³/mol. The minimum Gasteiger partial charge on any atom is -0.377 e. The van der Waals surface area contributed by atoms with E-state index in [1.807, 2.05) is 0 Å². The highest BCUT2D eigenvalue weighted by molar-refractivity contribution is 6.60. The Hall–Kier alpha value is 0.234. The first-order valence-electron chi connectivity index (χ1n) is 8.83. The van der Waals surface area contributed by atoms with Crippen LogP contribution in [0.1, 0.15) is 27.2 Å². The van der Waals surface area contributed by atoms with Gasteiger partial charge in [-0.25, -0.2) is 0 Å². The van der Waals surface area contributed by atoms with Crippen LogP contribution in [0, 0.1) is 0 Å². The molecule has 1 unspecified atom stereocenters. The van der Waals surface area contributed by atoms with Crippen molar-refractivity contribution in [3.8, 4) is 0 Å². The molecule has 0 amide bonds. The van der Waals surface area contributed by atoms with E-state index < -0.39 is 17.6 Å². The molecule has 0 aromatic heterocycles. The summed E-state index contributed by atoms with van der Waals surface area (Å²) >= 11 is 0. The first-order chi connectivity index (χ1) is 10.7. The summed E-state index contributed by atoms with van der Waals surface area (Å²) in [6.07, 6.45) is 1.08. The van der Waals surface area contributed by atoms with E-state index in [0.717, 1.165) is 24.7 Å². The zero-order chi connectivity index (χ0) is 17.7. The molecule has 1 aliphatic heterocycles. The second kappa shape index (κ2) is 9.08. The summed E-state index contributed by atoms with van der Waals surface area (Å²) in [7, 11) is 1.95. The largest absolute Gasteiger partial charge is 0.500 e. The summed E-state index contributed by atoms with van der Waals surface area (Å²) in [5.41, 5.74) is 1.03. The molecule has 0 spiro atoms. The Labute approximate surface area is 146 Å². The van der Waals surface area contributed by atoms with Crippen molar-refractivity contribution in [1.29, 1.82) is 0 Å². The quantitative estimate of drug-likeness (QED) is 0.618. The van der Waals surface area contributed by atoms with Crippen LogP contribution in [0.25, 0.3) is 0 Å². The average molecular weight is 363 g/mol. The molecule has 0 radical (unpaired) electrons. The maximum Gasteiger partial charge on any atom is 0.500 e. The fourth-order valence-corrected chi connectivity index (χ4v) is 6.94. The van der Waals surface area contributed by atoms with Gasteiger partial charge in [0, 0.05) is 58.2 Å². The summed E-state index contributed by atoms with van der Waals surface area (Å²) < 4.78 is 16.6. The van der Waals surface area contributed by atoms with Crippen LogP contribution in [0.4, 0.5) is 0 Å². The topological polar surface area (TPSA) is 34.2 Å². The fraction of sp³-hybridized carbons (Fsp3) is 1.00. The number of nitrogens with zero attached hydrogens (tertiary/aromatic N) is 2. The van der Waals surface area contributed by atoms with Gasteiger partial charge in [-0.2, -0.15) is 0 Å². The lowest BCUT2D eigenvalue weighted by atomic mass is 10.0. The number of hydrogen-bond acceptors (Lipinski definition) is 5. The Balaban J connectivity index is 2.59. The zero-order valence-electron chi connectivity index (χ0n) is 16.5. The normalized spacial score (nSPS) is 22.0. The lowest BCUT2D eigenvalue weighted by molar-refractivity contribution is 0.0455. The third kappa shape index (κ3) is 5.91. The molecule has 7 heteroatoms. The molecule has 1 aliphatic rings. The van der Waals surface area contributed by atoms with E-state index in [0.29, 0.717) is 0 Å². The highest BCUT2D eigenvalue weighted by Crippen LogP contribution is 2.22. The third-order valence-corrected chi connectivity index (χ3v) is 10.1. The summed E-state index contributed by atoms with van der Waals surface area (Å²) in [5.74, 6) is 0. The van der Waals surface area contributed by atoms with Crippen molar-refractivity contribution in [2.75, 3.05) is 47.5 Å². The van der Waals surface area contributed by atoms with Crippen LogP contribution in [-0.4, -0.2) is 86.1 Å². The van der Waals surface area contributed by atoms with E-state index in [1.54, 1.807) is 21.3 Å². The molecule has 1 fully saturated rings. The summed E-state index contributed by atoms with van der Waals surface area (Å²) in [6, 6.07) is 0.891. The van der Waals surface area contributed by atoms with Crippen LogP contribution in [0.5, 0.6) is 0 Å². The molecule has 1 saturated heterocycles. The Bertz CT molecular complexity index is 338. The average Bonchev–Trinajstić information content (AvgIpc) is 2.51. The summed E-state index contributed by atoms with van der Waals surface area (Å²) in [6.45, 7) is 16.6. The van der Waals surface area contributed by atoms with Gasteiger partial charge in [-0.3, -0.25) is 4.90 Å². The van der Waals surface area contributed by atoms with Crippen LogP contribution in [-0.2, 0) is 13.3 Å². The molecule has 0 aromatic carbocycles. The lowest BCUT2D eigenvalue weighted by Crippen LogP contribution is -2.61. The van der Waals surface area contributed by atoms with Gasteiger partial charge in [0.25, 0.3) is 0 Å². The molecule has 0 N–H and O–H groups in total. The molecule has 1 atom stereocenters. The van der Waals surface area contributed by atoms with Crippen molar-refractivity contribution in [1.82, 2.24) is 9.80 Å². The number of rotatable bonds is 8. The van der Waals surface area contributed by atoms with E-state index in [9.17, 15) is 0 Å². The number of piperazine rings is 1. The fourth-order valence-electron chi connectivity index (χ4n) is 3.42. The Kier molecular flexibility index (Phi) is 8.40. The van der Waals surface area contributed by atoms with Gasteiger partial charge in [0.05, 0.1) is 8.80 Å². The highest BCUT2D eigenvalue weighted by atomic mass is 28.4. The van der Waals surface area contributed by atoms with Crippen LogP contribution in [0.3, 0.4) is 0 Å². The SMILES string of the molecule is CO[Si](CCCN1CCN(C(C)(C)C)CC1[SiH](C)C)(OC)OC. The molecule has 0 saturated carbocycles. The minimum atomic E-state index is -2.42. The van der Waals surface area contributed by atoms with Gasteiger partial charge in [-0.1, -0.05) is 13.1 Å². The number of hydrogen-bond donors (Lipinski definition) is 0. The van der Waals surface area contributed by atoms with Gasteiger partial charge in [-0.05, 0) is 33.7 Å². The third-order valence-electron chi connectivity index (χ3n) is 5.11. The molecule has 5 nitrogen and oxygen atoms in total. The molecule has 23 heavy (non-hydrogen) atoms. The molecule has 138 valence electrons. The van der Waals surface area contributed by atoms with Crippen molar-refractivity contribution in [3.63, 3.8) is 0 Å². The van der Waals surface area contributed by atoms with Crippen molar-refractivity contribution >= 4 is 17.6 Å². The van der Waals surface area contributed by atoms with Gasteiger partial charge in [-0.15, -0.1) is 0 Å². The van der Waals surface area contributed by atoms with Gasteiger partial charge in [0.1, 0.15) is 0 Å². The maximum absolute atomic E-state index is 5.54. The Morgan fingerprint density at radius 2 is 1.61 bits per heavy atom. The first-order valence-corrected chi connectivity index (χ1v) is 13.7. The minimum absolute atomic E-state index is 0.276. The van der Waals surface area contributed by atoms with E-state index >= 15 is 0 Å². The van der Waals surface area contributed by atoms with E-state index in [-0.39, 0.29) is 5.54 Å². The van der Waals surface area contributed by atoms with Gasteiger partial charge in [0.15, 0.2) is 0 Å². The molecular weight excluding hydrogens is 324 g/mol. The maximum atomic E-state index is 5.54. The highest BCUT2D eigenvalue weighted by Gasteiger charge is 2.38. The molecule has 0 bridgehead atoms. The summed E-state index contributed by atoms with van der Waals surface area (Å²) in [5, 5.41) is 0. The monoisotopic (exact) mass is 362 g/mol. The zero-order valence-corrected chi connectivity index (χ0v) is 18.7. The molecule has 0 aromatic rings. The van der Waals surface area contributed by atoms with E-state index in [1.165, 1.54) is 19.6 Å². The predicted octanol–water partition coefficient (Wildman–Crippen LogP) is 2.07. The van der Waals surface area contributed by atoms with Crippen molar-refractivity contribution in [2.45, 2.75) is 57.5 Å². The standard InChI is InChI=1S/C16H38N2O3Si2/c1-16(2,3)18-12-11-17(15(14-18)22(7)8)10-9-13-23(19-4,20-5)21-6/h15,22H,9-14H2,1-8H3. The van der Waals surface area contributed by atoms with Crippen LogP contribution < -0.4 is 0 Å². The van der Waals surface area contributed by atoms with Crippen molar-refractivity contribution in [3.05, 3.63) is 0 Å². The van der Waals surface area contributed by atoms with Crippen LogP contribution >= 0.6 is 0 Å². The Morgan fingerprint density at radius 1 is 1.04 bits per heavy atom. The molecule has 1 heterocycles. The molecule has 0 aliphatic carbocycles. The van der Waals surface area contributed by atoms with Crippen molar-refractivity contribution < 1.29 is 13.3 Å². The lowest BCUT2D eigenvalue weighted by Gasteiger charge is -2.48. The van der Waals surface area contributed by atoms with E-state index in [4.69, 9.17) is 13.3 Å². The molecule has 1 rings (SSSR count). The van der Waals surface area contributed by atoms with Crippen molar-refractivity contribution in [2.24, 2.45) is 0 Å². The van der Waals surface area contributed by atoms with Gasteiger partial charge < -0.3 is 18.2 Å². The summed E-state index contributed by atoms with van der Waals surface area (Å²) in [4.78, 5) is 5.36. The second-order valence-corrected chi connectivity index (χ2v) is 14.2. The van der Waals surface area contributed by atoms with Crippen LogP contribution in [0.2, 0.25) is 19.1 Å². The second-order valence-electron chi connectivity index (χ2n) is 7.86.